The number of nitrogens with zero attached hydrogens (tertiary/aromatic N) is 2. The highest BCUT2D eigenvalue weighted by Gasteiger charge is 2.07. The molecule has 0 fully saturated rings. The highest BCUT2D eigenvalue weighted by molar-refractivity contribution is 7.09. The topological polar surface area (TPSA) is 51.0 Å². The molecule has 0 saturated carbocycles. The Bertz CT molecular complexity index is 394. The standard InChI is InChI=1S/C9H11N3OS/c1-6(2)10-9-11-8(12-14-9)7-3-4-13-5-7/h3-6H,1-2H3,(H,10,11,12). The maximum atomic E-state index is 4.96. The van der Waals surface area contributed by atoms with E-state index >= 15 is 0 Å². The molecule has 0 aliphatic carbocycles. The largest absolute Gasteiger partial charge is 0.472 e. The minimum atomic E-state index is 0.375. The van der Waals surface area contributed by atoms with Gasteiger partial charge in [-0.1, -0.05) is 0 Å². The lowest BCUT2D eigenvalue weighted by Gasteiger charge is -2.03. The van der Waals surface area contributed by atoms with Crippen LogP contribution >= 0.6 is 11.5 Å². The monoisotopic (exact) mass is 209 g/mol. The number of aromatic nitrogens is 2. The van der Waals surface area contributed by atoms with Crippen LogP contribution in [0, 0.1) is 0 Å². The minimum Gasteiger partial charge on any atom is -0.472 e. The van der Waals surface area contributed by atoms with Gasteiger partial charge in [0.05, 0.1) is 11.8 Å². The molecule has 14 heavy (non-hydrogen) atoms. The Morgan fingerprint density at radius 1 is 1.50 bits per heavy atom. The van der Waals surface area contributed by atoms with E-state index in [4.69, 9.17) is 4.42 Å². The van der Waals surface area contributed by atoms with Crippen LogP contribution in [0.15, 0.2) is 23.0 Å². The first-order chi connectivity index (χ1) is 6.75. The third-order valence-corrected chi connectivity index (χ3v) is 2.26. The summed E-state index contributed by atoms with van der Waals surface area (Å²) in [7, 11) is 0. The fourth-order valence-electron chi connectivity index (χ4n) is 1.04. The van der Waals surface area contributed by atoms with Crippen LogP contribution < -0.4 is 5.32 Å². The van der Waals surface area contributed by atoms with Crippen molar-refractivity contribution in [2.45, 2.75) is 19.9 Å². The molecule has 5 heteroatoms. The fourth-order valence-corrected chi connectivity index (χ4v) is 1.77. The van der Waals surface area contributed by atoms with Gasteiger partial charge >= 0.3 is 0 Å². The molecule has 0 unspecified atom stereocenters. The van der Waals surface area contributed by atoms with Gasteiger partial charge in [0.1, 0.15) is 6.26 Å². The molecule has 0 bridgehead atoms. The van der Waals surface area contributed by atoms with Crippen molar-refractivity contribution in [1.29, 1.82) is 0 Å². The molecule has 4 nitrogen and oxygen atoms in total. The average Bonchev–Trinajstić information content (AvgIpc) is 2.69. The van der Waals surface area contributed by atoms with Crippen LogP contribution in [-0.4, -0.2) is 15.4 Å². The van der Waals surface area contributed by atoms with E-state index in [0.717, 1.165) is 10.7 Å². The summed E-state index contributed by atoms with van der Waals surface area (Å²) in [5.74, 6) is 0.715. The van der Waals surface area contributed by atoms with E-state index in [1.54, 1.807) is 12.5 Å². The molecular formula is C9H11N3OS. The molecule has 2 aromatic rings. The molecule has 2 rings (SSSR count). The van der Waals surface area contributed by atoms with E-state index in [-0.39, 0.29) is 0 Å². The summed E-state index contributed by atoms with van der Waals surface area (Å²) in [6, 6.07) is 2.22. The lowest BCUT2D eigenvalue weighted by molar-refractivity contribution is 0.568. The van der Waals surface area contributed by atoms with Crippen molar-refractivity contribution >= 4 is 16.7 Å². The maximum absolute atomic E-state index is 4.96. The second kappa shape index (κ2) is 3.79. The van der Waals surface area contributed by atoms with Gasteiger partial charge in [-0.15, -0.1) is 0 Å². The third-order valence-electron chi connectivity index (χ3n) is 1.62. The zero-order valence-corrected chi connectivity index (χ0v) is 8.84. The molecule has 0 saturated heterocycles. The van der Waals surface area contributed by atoms with Gasteiger partial charge in [0.25, 0.3) is 0 Å². The molecule has 0 atom stereocenters. The van der Waals surface area contributed by atoms with Crippen LogP contribution in [0.2, 0.25) is 0 Å². The van der Waals surface area contributed by atoms with Crippen molar-refractivity contribution in [1.82, 2.24) is 9.36 Å². The number of anilines is 1. The average molecular weight is 209 g/mol. The van der Waals surface area contributed by atoms with Gasteiger partial charge in [0, 0.05) is 17.6 Å². The van der Waals surface area contributed by atoms with E-state index in [0.29, 0.717) is 11.9 Å². The Morgan fingerprint density at radius 2 is 2.36 bits per heavy atom. The molecule has 1 N–H and O–H groups in total. The smallest absolute Gasteiger partial charge is 0.203 e. The number of nitrogens with one attached hydrogen (secondary N) is 1. The number of hydrogen-bond donors (Lipinski definition) is 1. The Morgan fingerprint density at radius 3 is 3.00 bits per heavy atom. The SMILES string of the molecule is CC(C)Nc1nc(-c2ccoc2)ns1. The predicted molar refractivity (Wildman–Crippen MR) is 56.4 cm³/mol. The number of hydrogen-bond acceptors (Lipinski definition) is 5. The molecule has 2 aromatic heterocycles. The normalized spacial score (nSPS) is 10.8. The van der Waals surface area contributed by atoms with Crippen LogP contribution in [0.1, 0.15) is 13.8 Å². The number of rotatable bonds is 3. The second-order valence-electron chi connectivity index (χ2n) is 3.23. The first kappa shape index (κ1) is 9.21. The van der Waals surface area contributed by atoms with Crippen molar-refractivity contribution in [3.8, 4) is 11.4 Å². The van der Waals surface area contributed by atoms with E-state index in [1.165, 1.54) is 11.5 Å². The zero-order chi connectivity index (χ0) is 9.97. The summed E-state index contributed by atoms with van der Waals surface area (Å²) in [6.45, 7) is 4.14. The minimum absolute atomic E-state index is 0.375. The van der Waals surface area contributed by atoms with Crippen LogP contribution in [0.4, 0.5) is 5.13 Å². The van der Waals surface area contributed by atoms with Crippen LogP contribution in [0.25, 0.3) is 11.4 Å². The molecule has 0 amide bonds. The van der Waals surface area contributed by atoms with Crippen molar-refractivity contribution in [3.05, 3.63) is 18.6 Å². The van der Waals surface area contributed by atoms with Crippen molar-refractivity contribution in [2.75, 3.05) is 5.32 Å². The lowest BCUT2D eigenvalue weighted by atomic mass is 10.3. The summed E-state index contributed by atoms with van der Waals surface area (Å²) in [5, 5.41) is 4.05. The molecular weight excluding hydrogens is 198 g/mol. The van der Waals surface area contributed by atoms with Gasteiger partial charge in [-0.05, 0) is 19.9 Å². The highest BCUT2D eigenvalue weighted by atomic mass is 32.1. The summed E-state index contributed by atoms with van der Waals surface area (Å²) in [6.07, 6.45) is 3.26. The van der Waals surface area contributed by atoms with Gasteiger partial charge in [-0.25, -0.2) is 0 Å². The summed E-state index contributed by atoms with van der Waals surface area (Å²) in [5.41, 5.74) is 0.915. The van der Waals surface area contributed by atoms with Crippen LogP contribution in [0.3, 0.4) is 0 Å². The van der Waals surface area contributed by atoms with Crippen LogP contribution in [0.5, 0.6) is 0 Å². The van der Waals surface area contributed by atoms with Gasteiger partial charge in [0.15, 0.2) is 5.82 Å². The van der Waals surface area contributed by atoms with Gasteiger partial charge in [-0.2, -0.15) is 9.36 Å². The lowest BCUT2D eigenvalue weighted by Crippen LogP contribution is -2.08. The second-order valence-corrected chi connectivity index (χ2v) is 3.99. The zero-order valence-electron chi connectivity index (χ0n) is 8.02. The molecule has 0 radical (unpaired) electrons. The highest BCUT2D eigenvalue weighted by Crippen LogP contribution is 2.21. The Labute approximate surface area is 86.1 Å². The fraction of sp³-hybridized carbons (Fsp3) is 0.333. The maximum Gasteiger partial charge on any atom is 0.203 e. The third kappa shape index (κ3) is 1.93. The van der Waals surface area contributed by atoms with Crippen molar-refractivity contribution in [3.63, 3.8) is 0 Å². The Kier molecular flexibility index (Phi) is 2.49. The van der Waals surface area contributed by atoms with E-state index in [1.807, 2.05) is 6.07 Å². The Balaban J connectivity index is 2.18. The van der Waals surface area contributed by atoms with Crippen LogP contribution in [-0.2, 0) is 0 Å². The molecule has 2 heterocycles. The quantitative estimate of drug-likeness (QED) is 0.844. The van der Waals surface area contributed by atoms with Crippen molar-refractivity contribution < 1.29 is 4.42 Å². The molecule has 0 spiro atoms. The number of furan rings is 1. The van der Waals surface area contributed by atoms with E-state index in [2.05, 4.69) is 28.5 Å². The van der Waals surface area contributed by atoms with E-state index in [9.17, 15) is 0 Å². The molecule has 74 valence electrons. The molecule has 0 aromatic carbocycles. The first-order valence-corrected chi connectivity index (χ1v) is 5.16. The van der Waals surface area contributed by atoms with Gasteiger partial charge < -0.3 is 9.73 Å². The van der Waals surface area contributed by atoms with Gasteiger partial charge in [-0.3, -0.25) is 0 Å². The Hall–Kier alpha value is -1.36. The first-order valence-electron chi connectivity index (χ1n) is 4.38. The molecule has 0 aliphatic rings. The molecule has 0 aliphatic heterocycles. The van der Waals surface area contributed by atoms with Gasteiger partial charge in [0.2, 0.25) is 5.13 Å². The summed E-state index contributed by atoms with van der Waals surface area (Å²) in [4.78, 5) is 4.33. The predicted octanol–water partition coefficient (Wildman–Crippen LogP) is 2.62. The summed E-state index contributed by atoms with van der Waals surface area (Å²) < 4.78 is 9.18. The van der Waals surface area contributed by atoms with E-state index < -0.39 is 0 Å². The van der Waals surface area contributed by atoms with Crippen molar-refractivity contribution in [2.24, 2.45) is 0 Å². The summed E-state index contributed by atoms with van der Waals surface area (Å²) >= 11 is 1.36.